The molecule has 0 saturated heterocycles. The van der Waals surface area contributed by atoms with Crippen molar-refractivity contribution in [3.63, 3.8) is 0 Å². The number of hydrazine groups is 1. The summed E-state index contributed by atoms with van der Waals surface area (Å²) < 4.78 is 0. The number of hydrogen-bond donors (Lipinski definition) is 5. The summed E-state index contributed by atoms with van der Waals surface area (Å²) in [6, 6.07) is 0. The van der Waals surface area contributed by atoms with Crippen LogP contribution in [0.15, 0.2) is 19.6 Å². The summed E-state index contributed by atoms with van der Waals surface area (Å²) >= 11 is 1.03. The number of nitrogens with zero attached hydrogens (tertiary/aromatic N) is 1. The molecule has 1 aromatic rings. The Hall–Kier alpha value is -1.90. The summed E-state index contributed by atoms with van der Waals surface area (Å²) in [5, 5.41) is 3.71. The van der Waals surface area contributed by atoms with Gasteiger partial charge in [0.15, 0.2) is 0 Å². The zero-order valence-corrected chi connectivity index (χ0v) is 7.57. The van der Waals surface area contributed by atoms with Gasteiger partial charge in [0, 0.05) is 0 Å². The number of aromatic nitrogens is 2. The van der Waals surface area contributed by atoms with Crippen LogP contribution in [0.25, 0.3) is 0 Å². The third-order valence-electron chi connectivity index (χ3n) is 1.51. The lowest BCUT2D eigenvalue weighted by molar-refractivity contribution is 0.940. The Morgan fingerprint density at radius 3 is 2.71 bits per heavy atom. The summed E-state index contributed by atoms with van der Waals surface area (Å²) in [6.45, 7) is 0. The quantitative estimate of drug-likeness (QED) is 0.259. The first kappa shape index (κ1) is 8.69. The Morgan fingerprint density at radius 1 is 1.21 bits per heavy atom. The van der Waals surface area contributed by atoms with Gasteiger partial charge in [0.1, 0.15) is 10.7 Å². The third-order valence-corrected chi connectivity index (χ3v) is 2.50. The van der Waals surface area contributed by atoms with Crippen molar-refractivity contribution in [3.8, 4) is 0 Å². The van der Waals surface area contributed by atoms with Crippen molar-refractivity contribution < 1.29 is 0 Å². The van der Waals surface area contributed by atoms with Gasteiger partial charge in [0.2, 0.25) is 5.17 Å². The minimum absolute atomic E-state index is 0.302. The van der Waals surface area contributed by atoms with E-state index in [1.165, 1.54) is 0 Å². The van der Waals surface area contributed by atoms with Crippen molar-refractivity contribution in [3.05, 3.63) is 20.8 Å². The van der Waals surface area contributed by atoms with E-state index in [1.54, 1.807) is 0 Å². The van der Waals surface area contributed by atoms with Gasteiger partial charge in [-0.05, 0) is 11.8 Å². The molecule has 0 radical (unpaired) electrons. The lowest BCUT2D eigenvalue weighted by Crippen LogP contribution is -2.37. The number of thioether (sulfide) groups is 1. The lowest BCUT2D eigenvalue weighted by Gasteiger charge is -2.17. The molecule has 0 bridgehead atoms. The molecule has 0 aromatic carbocycles. The number of nitrogens with one attached hydrogen (secondary N) is 4. The monoisotopic (exact) mass is 214 g/mol. The summed E-state index contributed by atoms with van der Waals surface area (Å²) in [4.78, 5) is 27.0. The van der Waals surface area contributed by atoms with Gasteiger partial charge in [0.05, 0.1) is 0 Å². The molecule has 0 aliphatic carbocycles. The largest absolute Gasteiger partial charge is 0.327 e. The van der Waals surface area contributed by atoms with Crippen LogP contribution in [0, 0.1) is 0 Å². The van der Waals surface area contributed by atoms with Crippen LogP contribution in [0.2, 0.25) is 0 Å². The molecule has 2 heterocycles. The molecular weight excluding hydrogens is 208 g/mol. The Kier molecular flexibility index (Phi) is 1.93. The molecule has 1 aromatic heterocycles. The zero-order valence-electron chi connectivity index (χ0n) is 6.75. The summed E-state index contributed by atoms with van der Waals surface area (Å²) in [5.41, 5.74) is 4.13. The Bertz CT molecular complexity index is 502. The normalized spacial score (nSPS) is 17.0. The second kappa shape index (κ2) is 3.10. The number of H-pyrrole nitrogens is 2. The smallest absolute Gasteiger partial charge is 0.321 e. The van der Waals surface area contributed by atoms with E-state index in [0.717, 1.165) is 11.8 Å². The predicted molar refractivity (Wildman–Crippen MR) is 51.9 cm³/mol. The maximum Gasteiger partial charge on any atom is 0.327 e. The number of nitrogens with two attached hydrogens (primary N) is 1. The third kappa shape index (κ3) is 1.33. The minimum Gasteiger partial charge on any atom is -0.321 e. The molecular formula is C5H6N6O2S. The SMILES string of the molecule is N/N=C1/NNc2[nH]c(=O)[nH]c(=O)c2S1. The van der Waals surface area contributed by atoms with E-state index in [1.807, 2.05) is 0 Å². The van der Waals surface area contributed by atoms with Crippen LogP contribution in [0.5, 0.6) is 0 Å². The second-order valence-electron chi connectivity index (χ2n) is 2.40. The van der Waals surface area contributed by atoms with Crippen molar-refractivity contribution >= 4 is 22.7 Å². The van der Waals surface area contributed by atoms with Crippen LogP contribution in [0.1, 0.15) is 0 Å². The van der Waals surface area contributed by atoms with Crippen molar-refractivity contribution in [2.75, 3.05) is 5.43 Å². The number of amidine groups is 1. The van der Waals surface area contributed by atoms with Gasteiger partial charge in [-0.3, -0.25) is 25.6 Å². The highest BCUT2D eigenvalue weighted by atomic mass is 32.2. The molecule has 1 aliphatic rings. The first-order valence-electron chi connectivity index (χ1n) is 3.55. The Morgan fingerprint density at radius 2 is 2.00 bits per heavy atom. The van der Waals surface area contributed by atoms with Gasteiger partial charge in [-0.1, -0.05) is 0 Å². The number of hydrazone groups is 1. The highest BCUT2D eigenvalue weighted by Crippen LogP contribution is 2.23. The summed E-state index contributed by atoms with van der Waals surface area (Å²) in [7, 11) is 0. The van der Waals surface area contributed by atoms with E-state index < -0.39 is 11.2 Å². The molecule has 74 valence electrons. The Balaban J connectivity index is 2.58. The summed E-state index contributed by atoms with van der Waals surface area (Å²) in [6.07, 6.45) is 0. The first-order valence-corrected chi connectivity index (χ1v) is 4.36. The van der Waals surface area contributed by atoms with E-state index in [4.69, 9.17) is 5.84 Å². The molecule has 2 rings (SSSR count). The number of aromatic amines is 2. The second-order valence-corrected chi connectivity index (χ2v) is 3.40. The van der Waals surface area contributed by atoms with E-state index in [2.05, 4.69) is 25.9 Å². The molecule has 0 atom stereocenters. The molecule has 0 fully saturated rings. The standard InChI is InChI=1S/C5H6N6O2S/c6-9-5-11-10-2-1(14-5)3(12)8-4(13)7-2/h6H2,(H,9,11)(H3,7,8,10,12,13). The van der Waals surface area contributed by atoms with Crippen molar-refractivity contribution in [2.24, 2.45) is 10.9 Å². The van der Waals surface area contributed by atoms with E-state index in [9.17, 15) is 9.59 Å². The zero-order chi connectivity index (χ0) is 10.1. The molecule has 6 N–H and O–H groups in total. The highest BCUT2D eigenvalue weighted by molar-refractivity contribution is 8.14. The van der Waals surface area contributed by atoms with E-state index in [-0.39, 0.29) is 0 Å². The molecule has 1 aliphatic heterocycles. The first-order chi connectivity index (χ1) is 6.70. The maximum absolute atomic E-state index is 11.3. The van der Waals surface area contributed by atoms with Crippen LogP contribution in [0.4, 0.5) is 5.82 Å². The maximum atomic E-state index is 11.3. The predicted octanol–water partition coefficient (Wildman–Crippen LogP) is -1.68. The van der Waals surface area contributed by atoms with Gasteiger partial charge in [-0.2, -0.15) is 5.10 Å². The van der Waals surface area contributed by atoms with Gasteiger partial charge in [0.25, 0.3) is 5.56 Å². The molecule has 9 heteroatoms. The van der Waals surface area contributed by atoms with Crippen molar-refractivity contribution in [2.45, 2.75) is 4.90 Å². The summed E-state index contributed by atoms with van der Waals surface area (Å²) in [5.74, 6) is 5.32. The Labute approximate surface area is 81.0 Å². The fraction of sp³-hybridized carbons (Fsp3) is 0. The molecule has 0 unspecified atom stereocenters. The number of rotatable bonds is 0. The van der Waals surface area contributed by atoms with E-state index >= 15 is 0 Å². The van der Waals surface area contributed by atoms with Crippen molar-refractivity contribution in [1.29, 1.82) is 0 Å². The van der Waals surface area contributed by atoms with E-state index in [0.29, 0.717) is 15.9 Å². The van der Waals surface area contributed by atoms with Gasteiger partial charge < -0.3 is 5.84 Å². The fourth-order valence-electron chi connectivity index (χ4n) is 0.957. The average molecular weight is 214 g/mol. The van der Waals surface area contributed by atoms with Crippen LogP contribution < -0.4 is 27.9 Å². The molecule has 14 heavy (non-hydrogen) atoms. The fourth-order valence-corrected chi connectivity index (χ4v) is 1.65. The van der Waals surface area contributed by atoms with Crippen LogP contribution in [-0.2, 0) is 0 Å². The van der Waals surface area contributed by atoms with Crippen LogP contribution in [-0.4, -0.2) is 15.1 Å². The topological polar surface area (TPSA) is 128 Å². The number of anilines is 1. The molecule has 8 nitrogen and oxygen atoms in total. The average Bonchev–Trinajstić information content (AvgIpc) is 2.17. The van der Waals surface area contributed by atoms with Crippen molar-refractivity contribution in [1.82, 2.24) is 15.4 Å². The van der Waals surface area contributed by atoms with Gasteiger partial charge >= 0.3 is 5.69 Å². The van der Waals surface area contributed by atoms with Crippen LogP contribution >= 0.6 is 11.8 Å². The lowest BCUT2D eigenvalue weighted by atomic mass is 10.6. The minimum atomic E-state index is -0.572. The van der Waals surface area contributed by atoms with Gasteiger partial charge in [-0.15, -0.1) is 0 Å². The van der Waals surface area contributed by atoms with Gasteiger partial charge in [-0.25, -0.2) is 4.79 Å². The number of hydrogen-bond acceptors (Lipinski definition) is 6. The molecule has 0 spiro atoms. The molecule has 0 amide bonds. The van der Waals surface area contributed by atoms with Crippen LogP contribution in [0.3, 0.4) is 0 Å². The highest BCUT2D eigenvalue weighted by Gasteiger charge is 2.18. The number of fused-ring (bicyclic) bond motifs is 1. The molecule has 0 saturated carbocycles.